The highest BCUT2D eigenvalue weighted by atomic mass is 32.1. The van der Waals surface area contributed by atoms with Crippen molar-refractivity contribution in [1.82, 2.24) is 4.98 Å². The lowest BCUT2D eigenvalue weighted by atomic mass is 9.97. The molecule has 4 rings (SSSR count). The Morgan fingerprint density at radius 3 is 2.54 bits per heavy atom. The third-order valence-electron chi connectivity index (χ3n) is 5.17. The van der Waals surface area contributed by atoms with Gasteiger partial charge in [-0.05, 0) is 37.1 Å². The summed E-state index contributed by atoms with van der Waals surface area (Å²) in [6, 6.07) is 14.8. The lowest BCUT2D eigenvalue weighted by Gasteiger charge is -2.32. The second-order valence-electron chi connectivity index (χ2n) is 6.81. The van der Waals surface area contributed by atoms with E-state index in [9.17, 15) is 10.1 Å². The van der Waals surface area contributed by atoms with E-state index < -0.39 is 0 Å². The zero-order valence-corrected chi connectivity index (χ0v) is 16.4. The maximum Gasteiger partial charge on any atom is 0.269 e. The Balaban J connectivity index is 1.43. The minimum atomic E-state index is -0.363. The Kier molecular flexibility index (Phi) is 5.25. The molecule has 2 heterocycles. The van der Waals surface area contributed by atoms with Crippen LogP contribution in [0.5, 0.6) is 5.75 Å². The number of ether oxygens (including phenoxy) is 1. The Hall–Kier alpha value is -2.93. The number of rotatable bonds is 5. The van der Waals surface area contributed by atoms with Gasteiger partial charge in [0.15, 0.2) is 0 Å². The Labute approximate surface area is 167 Å². The number of aromatic nitrogens is 1. The van der Waals surface area contributed by atoms with Crippen molar-refractivity contribution >= 4 is 22.7 Å². The number of nitro groups is 1. The first-order chi connectivity index (χ1) is 13.7. The first kappa shape index (κ1) is 18.4. The summed E-state index contributed by atoms with van der Waals surface area (Å²) in [6.45, 7) is 1.85. The van der Waals surface area contributed by atoms with E-state index in [1.165, 1.54) is 5.01 Å². The van der Waals surface area contributed by atoms with Gasteiger partial charge in [0.2, 0.25) is 0 Å². The zero-order valence-electron chi connectivity index (χ0n) is 15.6. The van der Waals surface area contributed by atoms with Gasteiger partial charge < -0.3 is 9.64 Å². The first-order valence-corrected chi connectivity index (χ1v) is 10.1. The normalized spacial score (nSPS) is 14.8. The number of non-ortho nitro benzene ring substituents is 1. The Morgan fingerprint density at radius 1 is 1.14 bits per heavy atom. The zero-order chi connectivity index (χ0) is 19.5. The SMILES string of the molecule is COc1ccccc1-c1csc(C2CCN(c3ccc([N+](=O)[O-])cc3)CC2)n1. The lowest BCUT2D eigenvalue weighted by Crippen LogP contribution is -2.32. The average Bonchev–Trinajstić information content (AvgIpc) is 3.24. The molecule has 0 saturated carbocycles. The third kappa shape index (κ3) is 3.71. The van der Waals surface area contributed by atoms with E-state index in [0.29, 0.717) is 5.92 Å². The van der Waals surface area contributed by atoms with Crippen molar-refractivity contribution in [3.63, 3.8) is 0 Å². The highest BCUT2D eigenvalue weighted by Crippen LogP contribution is 2.36. The molecule has 0 unspecified atom stereocenters. The van der Waals surface area contributed by atoms with Crippen LogP contribution in [0.1, 0.15) is 23.8 Å². The van der Waals surface area contributed by atoms with Crippen molar-refractivity contribution in [3.05, 3.63) is 69.0 Å². The molecule has 3 aromatic rings. The summed E-state index contributed by atoms with van der Waals surface area (Å²) >= 11 is 1.71. The fourth-order valence-corrected chi connectivity index (χ4v) is 4.62. The largest absolute Gasteiger partial charge is 0.496 e. The number of hydrogen-bond acceptors (Lipinski definition) is 6. The number of piperidine rings is 1. The van der Waals surface area contributed by atoms with Gasteiger partial charge in [-0.3, -0.25) is 10.1 Å². The molecule has 28 heavy (non-hydrogen) atoms. The van der Waals surface area contributed by atoms with Gasteiger partial charge in [0, 0.05) is 47.8 Å². The quantitative estimate of drug-likeness (QED) is 0.443. The molecule has 144 valence electrons. The van der Waals surface area contributed by atoms with Crippen molar-refractivity contribution in [2.45, 2.75) is 18.8 Å². The van der Waals surface area contributed by atoms with E-state index in [0.717, 1.165) is 48.6 Å². The van der Waals surface area contributed by atoms with Crippen LogP contribution in [0.3, 0.4) is 0 Å². The molecule has 1 saturated heterocycles. The van der Waals surface area contributed by atoms with Crippen LogP contribution < -0.4 is 9.64 Å². The van der Waals surface area contributed by atoms with Gasteiger partial charge in [-0.25, -0.2) is 4.98 Å². The van der Waals surface area contributed by atoms with Crippen molar-refractivity contribution in [1.29, 1.82) is 0 Å². The van der Waals surface area contributed by atoms with Crippen LogP contribution in [-0.2, 0) is 0 Å². The van der Waals surface area contributed by atoms with Crippen LogP contribution in [0, 0.1) is 10.1 Å². The minimum absolute atomic E-state index is 0.130. The standard InChI is InChI=1S/C21H21N3O3S/c1-27-20-5-3-2-4-18(20)19-14-28-21(22-19)15-10-12-23(13-11-15)16-6-8-17(9-7-16)24(25)26/h2-9,14-15H,10-13H2,1H3. The Bertz CT molecular complexity index is 963. The molecule has 2 aromatic carbocycles. The molecular formula is C21H21N3O3S. The van der Waals surface area contributed by atoms with Crippen molar-refractivity contribution in [2.75, 3.05) is 25.1 Å². The van der Waals surface area contributed by atoms with Crippen molar-refractivity contribution in [2.24, 2.45) is 0 Å². The molecule has 0 amide bonds. The predicted molar refractivity (Wildman–Crippen MR) is 111 cm³/mol. The molecule has 0 radical (unpaired) electrons. The number of methoxy groups -OCH3 is 1. The smallest absolute Gasteiger partial charge is 0.269 e. The predicted octanol–water partition coefficient (Wildman–Crippen LogP) is 5.11. The number of nitrogens with zero attached hydrogens (tertiary/aromatic N) is 3. The number of thiazole rings is 1. The second kappa shape index (κ2) is 7.98. The molecule has 6 nitrogen and oxygen atoms in total. The molecule has 0 bridgehead atoms. The van der Waals surface area contributed by atoms with Gasteiger partial charge in [-0.1, -0.05) is 12.1 Å². The summed E-state index contributed by atoms with van der Waals surface area (Å²) in [5, 5.41) is 14.1. The number of nitro benzene ring substituents is 1. The lowest BCUT2D eigenvalue weighted by molar-refractivity contribution is -0.384. The number of hydrogen-bond donors (Lipinski definition) is 0. The molecular weight excluding hydrogens is 374 g/mol. The minimum Gasteiger partial charge on any atom is -0.496 e. The summed E-state index contributed by atoms with van der Waals surface area (Å²) < 4.78 is 5.46. The van der Waals surface area contributed by atoms with Crippen LogP contribution in [0.25, 0.3) is 11.3 Å². The van der Waals surface area contributed by atoms with Crippen LogP contribution in [0.2, 0.25) is 0 Å². The molecule has 0 atom stereocenters. The van der Waals surface area contributed by atoms with Crippen molar-refractivity contribution in [3.8, 4) is 17.0 Å². The molecule has 1 aliphatic rings. The fraction of sp³-hybridized carbons (Fsp3) is 0.286. The summed E-state index contributed by atoms with van der Waals surface area (Å²) in [5.74, 6) is 1.29. The van der Waals surface area contributed by atoms with E-state index in [1.807, 2.05) is 36.4 Å². The van der Waals surface area contributed by atoms with Crippen LogP contribution in [0.15, 0.2) is 53.9 Å². The fourth-order valence-electron chi connectivity index (χ4n) is 3.62. The van der Waals surface area contributed by atoms with Gasteiger partial charge in [0.05, 0.1) is 22.7 Å². The number of benzene rings is 2. The maximum atomic E-state index is 10.8. The summed E-state index contributed by atoms with van der Waals surface area (Å²) in [6.07, 6.45) is 2.05. The van der Waals surface area contributed by atoms with Gasteiger partial charge in [-0.2, -0.15) is 0 Å². The molecule has 0 aliphatic carbocycles. The van der Waals surface area contributed by atoms with Gasteiger partial charge >= 0.3 is 0 Å². The molecule has 1 aromatic heterocycles. The van der Waals surface area contributed by atoms with Crippen LogP contribution in [-0.4, -0.2) is 30.1 Å². The van der Waals surface area contributed by atoms with Gasteiger partial charge in [0.1, 0.15) is 5.75 Å². The second-order valence-corrected chi connectivity index (χ2v) is 7.70. The average molecular weight is 395 g/mol. The Morgan fingerprint density at radius 2 is 1.86 bits per heavy atom. The van der Waals surface area contributed by atoms with E-state index in [-0.39, 0.29) is 10.6 Å². The molecule has 7 heteroatoms. The summed E-state index contributed by atoms with van der Waals surface area (Å²) in [7, 11) is 1.68. The molecule has 0 N–H and O–H groups in total. The van der Waals surface area contributed by atoms with E-state index >= 15 is 0 Å². The van der Waals surface area contributed by atoms with Gasteiger partial charge in [0.25, 0.3) is 5.69 Å². The summed E-state index contributed by atoms with van der Waals surface area (Å²) in [4.78, 5) is 17.6. The maximum absolute atomic E-state index is 10.8. The van der Waals surface area contributed by atoms with E-state index in [4.69, 9.17) is 9.72 Å². The van der Waals surface area contributed by atoms with Gasteiger partial charge in [-0.15, -0.1) is 11.3 Å². The topological polar surface area (TPSA) is 68.5 Å². The highest BCUT2D eigenvalue weighted by Gasteiger charge is 2.24. The first-order valence-electron chi connectivity index (χ1n) is 9.24. The number of para-hydroxylation sites is 1. The monoisotopic (exact) mass is 395 g/mol. The summed E-state index contributed by atoms with van der Waals surface area (Å²) in [5.41, 5.74) is 3.16. The third-order valence-corrected chi connectivity index (χ3v) is 6.18. The van der Waals surface area contributed by atoms with Crippen LogP contribution in [0.4, 0.5) is 11.4 Å². The number of anilines is 1. The van der Waals surface area contributed by atoms with E-state index in [1.54, 1.807) is 30.6 Å². The van der Waals surface area contributed by atoms with E-state index in [2.05, 4.69) is 10.3 Å². The van der Waals surface area contributed by atoms with Crippen LogP contribution >= 0.6 is 11.3 Å². The molecule has 1 fully saturated rings. The molecule has 0 spiro atoms. The van der Waals surface area contributed by atoms with Crippen molar-refractivity contribution < 1.29 is 9.66 Å². The molecule has 1 aliphatic heterocycles. The highest BCUT2D eigenvalue weighted by molar-refractivity contribution is 7.10.